The molecule has 16 heavy (non-hydrogen) atoms. The van der Waals surface area contributed by atoms with E-state index in [9.17, 15) is 0 Å². The predicted molar refractivity (Wildman–Crippen MR) is 69.7 cm³/mol. The van der Waals surface area contributed by atoms with E-state index in [-0.39, 0.29) is 5.60 Å². The number of likely N-dealkylation sites (N-methyl/N-ethyl adjacent to an activating group) is 1. The van der Waals surface area contributed by atoms with Crippen LogP contribution < -0.4 is 5.32 Å². The molecular weight excluding hydrogens is 198 g/mol. The Balaban J connectivity index is 2.71. The highest BCUT2D eigenvalue weighted by Gasteiger charge is 2.43. The van der Waals surface area contributed by atoms with E-state index in [1.54, 1.807) is 0 Å². The second-order valence-electron chi connectivity index (χ2n) is 6.06. The molecule has 1 aliphatic rings. The lowest BCUT2D eigenvalue weighted by atomic mass is 9.68. The molecule has 2 heteroatoms. The smallest absolute Gasteiger partial charge is 0.0831 e. The Labute approximate surface area is 101 Å². The SMILES string of the molecule is CCCC(NC)C1(OC)CCC(C)(C)CC1. The maximum atomic E-state index is 5.92. The Kier molecular flexibility index (Phi) is 4.81. The van der Waals surface area contributed by atoms with E-state index in [0.717, 1.165) is 0 Å². The van der Waals surface area contributed by atoms with E-state index in [0.29, 0.717) is 11.5 Å². The molecule has 1 saturated carbocycles. The highest BCUT2D eigenvalue weighted by Crippen LogP contribution is 2.44. The van der Waals surface area contributed by atoms with E-state index in [2.05, 4.69) is 33.1 Å². The Morgan fingerprint density at radius 1 is 1.19 bits per heavy atom. The lowest BCUT2D eigenvalue weighted by Gasteiger charge is -2.47. The summed E-state index contributed by atoms with van der Waals surface area (Å²) >= 11 is 0. The van der Waals surface area contributed by atoms with E-state index in [1.165, 1.54) is 38.5 Å². The third-order valence-electron chi connectivity index (χ3n) is 4.42. The third kappa shape index (κ3) is 2.98. The lowest BCUT2D eigenvalue weighted by molar-refractivity contribution is -0.0865. The Morgan fingerprint density at radius 3 is 2.12 bits per heavy atom. The van der Waals surface area contributed by atoms with Gasteiger partial charge in [-0.05, 0) is 44.6 Å². The van der Waals surface area contributed by atoms with Crippen molar-refractivity contribution < 1.29 is 4.74 Å². The van der Waals surface area contributed by atoms with Gasteiger partial charge < -0.3 is 10.1 Å². The van der Waals surface area contributed by atoms with Crippen LogP contribution >= 0.6 is 0 Å². The van der Waals surface area contributed by atoms with Crippen molar-refractivity contribution in [2.24, 2.45) is 5.41 Å². The lowest BCUT2D eigenvalue weighted by Crippen LogP contribution is -2.53. The summed E-state index contributed by atoms with van der Waals surface area (Å²) in [6, 6.07) is 0.513. The maximum Gasteiger partial charge on any atom is 0.0831 e. The minimum Gasteiger partial charge on any atom is -0.377 e. The second-order valence-corrected chi connectivity index (χ2v) is 6.06. The first-order chi connectivity index (χ1) is 7.49. The normalized spacial score (nSPS) is 25.3. The van der Waals surface area contributed by atoms with Crippen molar-refractivity contribution in [2.75, 3.05) is 14.2 Å². The van der Waals surface area contributed by atoms with Crippen LogP contribution in [0.25, 0.3) is 0 Å². The standard InChI is InChI=1S/C14H29NO/c1-6-7-12(15-4)14(16-5)10-8-13(2,3)9-11-14/h12,15H,6-11H2,1-5H3. The average Bonchev–Trinajstić information content (AvgIpc) is 2.27. The van der Waals surface area contributed by atoms with Crippen LogP contribution in [0.5, 0.6) is 0 Å². The summed E-state index contributed by atoms with van der Waals surface area (Å²) in [7, 11) is 3.96. The molecule has 0 heterocycles. The second kappa shape index (κ2) is 5.50. The van der Waals surface area contributed by atoms with Crippen LogP contribution in [-0.4, -0.2) is 25.8 Å². The fourth-order valence-electron chi connectivity index (χ4n) is 3.00. The van der Waals surface area contributed by atoms with Crippen molar-refractivity contribution in [3.05, 3.63) is 0 Å². The molecule has 0 radical (unpaired) electrons. The van der Waals surface area contributed by atoms with Crippen LogP contribution in [0.3, 0.4) is 0 Å². The van der Waals surface area contributed by atoms with Crippen molar-refractivity contribution in [1.29, 1.82) is 0 Å². The Bertz CT molecular complexity index is 203. The first kappa shape index (κ1) is 14.0. The molecule has 0 amide bonds. The zero-order valence-corrected chi connectivity index (χ0v) is 11.7. The summed E-state index contributed by atoms with van der Waals surface area (Å²) in [6.07, 6.45) is 7.39. The number of hydrogen-bond acceptors (Lipinski definition) is 2. The molecule has 96 valence electrons. The average molecular weight is 227 g/mol. The minimum atomic E-state index is 0.0836. The quantitative estimate of drug-likeness (QED) is 0.777. The van der Waals surface area contributed by atoms with Gasteiger partial charge in [-0.15, -0.1) is 0 Å². The highest BCUT2D eigenvalue weighted by molar-refractivity contribution is 4.98. The fourth-order valence-corrected chi connectivity index (χ4v) is 3.00. The van der Waals surface area contributed by atoms with Gasteiger partial charge in [0.1, 0.15) is 0 Å². The van der Waals surface area contributed by atoms with Gasteiger partial charge in [0.05, 0.1) is 5.60 Å². The molecule has 0 saturated heterocycles. The third-order valence-corrected chi connectivity index (χ3v) is 4.42. The molecule has 1 N–H and O–H groups in total. The first-order valence-corrected chi connectivity index (χ1v) is 6.72. The number of methoxy groups -OCH3 is 1. The molecule has 0 aromatic rings. The molecule has 1 unspecified atom stereocenters. The fraction of sp³-hybridized carbons (Fsp3) is 1.00. The number of nitrogens with one attached hydrogen (secondary N) is 1. The van der Waals surface area contributed by atoms with Crippen molar-refractivity contribution in [3.63, 3.8) is 0 Å². The molecule has 0 aromatic carbocycles. The molecule has 1 aliphatic carbocycles. The predicted octanol–water partition coefficient (Wildman–Crippen LogP) is 3.36. The van der Waals surface area contributed by atoms with Crippen molar-refractivity contribution in [1.82, 2.24) is 5.32 Å². The van der Waals surface area contributed by atoms with Gasteiger partial charge in [-0.2, -0.15) is 0 Å². The summed E-state index contributed by atoms with van der Waals surface area (Å²) in [4.78, 5) is 0. The van der Waals surface area contributed by atoms with Crippen molar-refractivity contribution in [3.8, 4) is 0 Å². The van der Waals surface area contributed by atoms with Gasteiger partial charge in [-0.25, -0.2) is 0 Å². The molecule has 0 bridgehead atoms. The van der Waals surface area contributed by atoms with Crippen LogP contribution in [0.4, 0.5) is 0 Å². The summed E-state index contributed by atoms with van der Waals surface area (Å²) < 4.78 is 5.92. The summed E-state index contributed by atoms with van der Waals surface area (Å²) in [5, 5.41) is 3.47. The summed E-state index contributed by atoms with van der Waals surface area (Å²) in [5.41, 5.74) is 0.590. The van der Waals surface area contributed by atoms with Crippen LogP contribution in [-0.2, 0) is 4.74 Å². The molecular formula is C14H29NO. The maximum absolute atomic E-state index is 5.92. The van der Waals surface area contributed by atoms with Gasteiger partial charge in [-0.3, -0.25) is 0 Å². The Hall–Kier alpha value is -0.0800. The van der Waals surface area contributed by atoms with Crippen LogP contribution in [0.1, 0.15) is 59.3 Å². The van der Waals surface area contributed by atoms with E-state index in [4.69, 9.17) is 4.74 Å². The van der Waals surface area contributed by atoms with Gasteiger partial charge >= 0.3 is 0 Å². The molecule has 0 aromatic heterocycles. The van der Waals surface area contributed by atoms with Crippen LogP contribution in [0.2, 0.25) is 0 Å². The summed E-state index contributed by atoms with van der Waals surface area (Å²) in [5.74, 6) is 0. The van der Waals surface area contributed by atoms with Crippen molar-refractivity contribution >= 4 is 0 Å². The number of hydrogen-bond donors (Lipinski definition) is 1. The highest BCUT2D eigenvalue weighted by atomic mass is 16.5. The van der Waals surface area contributed by atoms with Gasteiger partial charge in [0.15, 0.2) is 0 Å². The van der Waals surface area contributed by atoms with Gasteiger partial charge in [-0.1, -0.05) is 27.2 Å². The first-order valence-electron chi connectivity index (χ1n) is 6.72. The zero-order valence-electron chi connectivity index (χ0n) is 11.7. The van der Waals surface area contributed by atoms with E-state index < -0.39 is 0 Å². The Morgan fingerprint density at radius 2 is 1.75 bits per heavy atom. The minimum absolute atomic E-state index is 0.0836. The largest absolute Gasteiger partial charge is 0.377 e. The van der Waals surface area contributed by atoms with Crippen LogP contribution in [0.15, 0.2) is 0 Å². The van der Waals surface area contributed by atoms with E-state index in [1.807, 2.05) is 7.11 Å². The molecule has 1 fully saturated rings. The topological polar surface area (TPSA) is 21.3 Å². The van der Waals surface area contributed by atoms with Gasteiger partial charge in [0.25, 0.3) is 0 Å². The van der Waals surface area contributed by atoms with Gasteiger partial charge in [0.2, 0.25) is 0 Å². The van der Waals surface area contributed by atoms with Crippen molar-refractivity contribution in [2.45, 2.75) is 70.9 Å². The number of ether oxygens (including phenoxy) is 1. The van der Waals surface area contributed by atoms with Gasteiger partial charge in [0, 0.05) is 13.2 Å². The molecule has 1 atom stereocenters. The molecule has 0 aliphatic heterocycles. The molecule has 0 spiro atoms. The molecule has 1 rings (SSSR count). The number of rotatable bonds is 5. The monoisotopic (exact) mass is 227 g/mol. The van der Waals surface area contributed by atoms with E-state index >= 15 is 0 Å². The zero-order chi connectivity index (χ0) is 12.2. The van der Waals surface area contributed by atoms with Crippen LogP contribution in [0, 0.1) is 5.41 Å². The molecule has 2 nitrogen and oxygen atoms in total. The summed E-state index contributed by atoms with van der Waals surface area (Å²) in [6.45, 7) is 7.00.